The minimum atomic E-state index is 0.574. The van der Waals surface area contributed by atoms with Crippen LogP contribution in [0.5, 0.6) is 5.75 Å². The maximum atomic E-state index is 8.96. The quantitative estimate of drug-likeness (QED) is 0.841. The first-order chi connectivity index (χ1) is 8.33. The smallest absolute Gasteiger partial charge is 0.136 e. The Morgan fingerprint density at radius 2 is 2.35 bits per heavy atom. The van der Waals surface area contributed by atoms with Crippen LogP contribution in [-0.4, -0.2) is 19.7 Å². The highest BCUT2D eigenvalue weighted by atomic mass is 16.5. The van der Waals surface area contributed by atoms with E-state index in [-0.39, 0.29) is 0 Å². The number of ether oxygens (including phenoxy) is 1. The summed E-state index contributed by atoms with van der Waals surface area (Å²) in [5.74, 6) is 0.626. The van der Waals surface area contributed by atoms with E-state index in [4.69, 9.17) is 10.00 Å². The van der Waals surface area contributed by atoms with Crippen molar-refractivity contribution < 1.29 is 4.74 Å². The van der Waals surface area contributed by atoms with Gasteiger partial charge in [-0.1, -0.05) is 18.2 Å². The third kappa shape index (κ3) is 3.33. The molecule has 1 aromatic rings. The molecule has 3 nitrogen and oxygen atoms in total. The molecule has 1 saturated carbocycles. The van der Waals surface area contributed by atoms with Gasteiger partial charge in [-0.15, -0.1) is 0 Å². The molecule has 1 aromatic carbocycles. The van der Waals surface area contributed by atoms with E-state index >= 15 is 0 Å². The van der Waals surface area contributed by atoms with Crippen LogP contribution in [0.25, 0.3) is 6.08 Å². The largest absolute Gasteiger partial charge is 0.495 e. The van der Waals surface area contributed by atoms with Crippen LogP contribution in [0.3, 0.4) is 0 Å². The summed E-state index contributed by atoms with van der Waals surface area (Å²) in [6.07, 6.45) is 6.71. The van der Waals surface area contributed by atoms with Gasteiger partial charge in [0.15, 0.2) is 0 Å². The number of hydrogen-bond acceptors (Lipinski definition) is 3. The van der Waals surface area contributed by atoms with E-state index in [1.807, 2.05) is 24.3 Å². The first-order valence-corrected chi connectivity index (χ1v) is 5.81. The van der Waals surface area contributed by atoms with Crippen LogP contribution in [0.2, 0.25) is 0 Å². The van der Waals surface area contributed by atoms with Gasteiger partial charge in [0, 0.05) is 12.6 Å². The molecule has 0 heterocycles. The molecule has 0 atom stereocenters. The number of nitrogens with zero attached hydrogens (tertiary/aromatic N) is 1. The molecule has 0 bridgehead atoms. The van der Waals surface area contributed by atoms with Crippen LogP contribution >= 0.6 is 0 Å². The van der Waals surface area contributed by atoms with Crippen molar-refractivity contribution in [3.05, 3.63) is 35.4 Å². The van der Waals surface area contributed by atoms with Gasteiger partial charge >= 0.3 is 0 Å². The summed E-state index contributed by atoms with van der Waals surface area (Å²) < 4.78 is 5.10. The molecule has 1 N–H and O–H groups in total. The topological polar surface area (TPSA) is 45.0 Å². The summed E-state index contributed by atoms with van der Waals surface area (Å²) >= 11 is 0. The summed E-state index contributed by atoms with van der Waals surface area (Å²) in [5, 5.41) is 12.4. The molecule has 88 valence electrons. The van der Waals surface area contributed by atoms with Crippen LogP contribution in [0.15, 0.2) is 24.3 Å². The number of nitrogens with one attached hydrogen (secondary N) is 1. The summed E-state index contributed by atoms with van der Waals surface area (Å²) in [5.41, 5.74) is 1.60. The number of methoxy groups -OCH3 is 1. The van der Waals surface area contributed by atoms with Crippen LogP contribution < -0.4 is 10.1 Å². The van der Waals surface area contributed by atoms with E-state index in [2.05, 4.69) is 17.5 Å². The van der Waals surface area contributed by atoms with Gasteiger partial charge in [0.25, 0.3) is 0 Å². The van der Waals surface area contributed by atoms with Crippen molar-refractivity contribution in [1.82, 2.24) is 5.32 Å². The van der Waals surface area contributed by atoms with E-state index in [1.165, 1.54) is 12.8 Å². The predicted molar refractivity (Wildman–Crippen MR) is 67.8 cm³/mol. The van der Waals surface area contributed by atoms with Crippen LogP contribution in [0.4, 0.5) is 0 Å². The predicted octanol–water partition coefficient (Wildman–Crippen LogP) is 2.33. The highest BCUT2D eigenvalue weighted by Crippen LogP contribution is 2.20. The van der Waals surface area contributed by atoms with Gasteiger partial charge in [-0.25, -0.2) is 0 Å². The lowest BCUT2D eigenvalue weighted by molar-refractivity contribution is 0.413. The lowest BCUT2D eigenvalue weighted by Gasteiger charge is -2.03. The van der Waals surface area contributed by atoms with Crippen LogP contribution in [0.1, 0.15) is 24.0 Å². The molecule has 0 amide bonds. The molecule has 0 aromatic heterocycles. The van der Waals surface area contributed by atoms with E-state index in [0.29, 0.717) is 11.3 Å². The first kappa shape index (κ1) is 11.7. The fraction of sp³-hybridized carbons (Fsp3) is 0.357. The Labute approximate surface area is 102 Å². The van der Waals surface area contributed by atoms with Gasteiger partial charge in [0.2, 0.25) is 0 Å². The highest BCUT2D eigenvalue weighted by molar-refractivity contribution is 5.56. The molecule has 1 fully saturated rings. The summed E-state index contributed by atoms with van der Waals surface area (Å²) in [4.78, 5) is 0. The standard InChI is InChI=1S/C14H16N2O/c1-17-14-7-4-11(9-12(14)10-15)3-2-8-16-13-5-6-13/h2-4,7,9,13,16H,5-6,8H2,1H3. The average molecular weight is 228 g/mol. The maximum absolute atomic E-state index is 8.96. The van der Waals surface area contributed by atoms with Gasteiger partial charge in [-0.3, -0.25) is 0 Å². The molecule has 1 aliphatic rings. The molecular weight excluding hydrogens is 212 g/mol. The monoisotopic (exact) mass is 228 g/mol. The lowest BCUT2D eigenvalue weighted by Crippen LogP contribution is -2.15. The third-order valence-electron chi connectivity index (χ3n) is 2.76. The Morgan fingerprint density at radius 3 is 3.00 bits per heavy atom. The van der Waals surface area contributed by atoms with Crippen molar-refractivity contribution in [3.63, 3.8) is 0 Å². The fourth-order valence-electron chi connectivity index (χ4n) is 1.63. The molecule has 0 spiro atoms. The zero-order chi connectivity index (χ0) is 12.1. The van der Waals surface area contributed by atoms with Crippen molar-refractivity contribution in [2.24, 2.45) is 0 Å². The van der Waals surface area contributed by atoms with Gasteiger partial charge in [-0.2, -0.15) is 5.26 Å². The molecule has 1 aliphatic carbocycles. The Balaban J connectivity index is 1.97. The van der Waals surface area contributed by atoms with E-state index in [9.17, 15) is 0 Å². The molecule has 3 heteroatoms. The van der Waals surface area contributed by atoms with Crippen molar-refractivity contribution in [2.75, 3.05) is 13.7 Å². The minimum absolute atomic E-state index is 0.574. The Bertz CT molecular complexity index is 456. The Kier molecular flexibility index (Phi) is 3.79. The third-order valence-corrected chi connectivity index (χ3v) is 2.76. The van der Waals surface area contributed by atoms with Gasteiger partial charge in [0.1, 0.15) is 11.8 Å². The second kappa shape index (κ2) is 5.51. The zero-order valence-electron chi connectivity index (χ0n) is 9.94. The fourth-order valence-corrected chi connectivity index (χ4v) is 1.63. The molecular formula is C14H16N2O. The van der Waals surface area contributed by atoms with Crippen LogP contribution in [0, 0.1) is 11.3 Å². The Hall–Kier alpha value is -1.79. The molecule has 2 rings (SSSR count). The maximum Gasteiger partial charge on any atom is 0.136 e. The number of nitriles is 1. The normalized spacial score (nSPS) is 14.8. The molecule has 17 heavy (non-hydrogen) atoms. The van der Waals surface area contributed by atoms with Crippen molar-refractivity contribution >= 4 is 6.08 Å². The van der Waals surface area contributed by atoms with Crippen LogP contribution in [-0.2, 0) is 0 Å². The number of benzene rings is 1. The van der Waals surface area contributed by atoms with E-state index in [1.54, 1.807) is 7.11 Å². The van der Waals surface area contributed by atoms with Gasteiger partial charge < -0.3 is 10.1 Å². The molecule has 0 unspecified atom stereocenters. The minimum Gasteiger partial charge on any atom is -0.495 e. The van der Waals surface area contributed by atoms with Gasteiger partial charge in [-0.05, 0) is 30.5 Å². The highest BCUT2D eigenvalue weighted by Gasteiger charge is 2.18. The van der Waals surface area contributed by atoms with Gasteiger partial charge in [0.05, 0.1) is 12.7 Å². The molecule has 0 aliphatic heterocycles. The average Bonchev–Trinajstić information content (AvgIpc) is 3.18. The van der Waals surface area contributed by atoms with E-state index < -0.39 is 0 Å². The summed E-state index contributed by atoms with van der Waals surface area (Å²) in [7, 11) is 1.57. The number of rotatable bonds is 5. The second-order valence-corrected chi connectivity index (χ2v) is 4.16. The Morgan fingerprint density at radius 1 is 1.53 bits per heavy atom. The van der Waals surface area contributed by atoms with E-state index in [0.717, 1.165) is 18.2 Å². The first-order valence-electron chi connectivity index (χ1n) is 5.81. The van der Waals surface area contributed by atoms with Crippen molar-refractivity contribution in [2.45, 2.75) is 18.9 Å². The van der Waals surface area contributed by atoms with Crippen molar-refractivity contribution in [3.8, 4) is 11.8 Å². The summed E-state index contributed by atoms with van der Waals surface area (Å²) in [6, 6.07) is 8.48. The second-order valence-electron chi connectivity index (χ2n) is 4.16. The number of hydrogen-bond donors (Lipinski definition) is 1. The molecule has 0 radical (unpaired) electrons. The molecule has 0 saturated heterocycles. The zero-order valence-corrected chi connectivity index (χ0v) is 9.94. The summed E-state index contributed by atoms with van der Waals surface area (Å²) in [6.45, 7) is 0.887. The van der Waals surface area contributed by atoms with Crippen molar-refractivity contribution in [1.29, 1.82) is 5.26 Å². The lowest BCUT2D eigenvalue weighted by atomic mass is 10.1. The SMILES string of the molecule is COc1ccc(C=CCNC2CC2)cc1C#N.